The first kappa shape index (κ1) is 11.9. The summed E-state index contributed by atoms with van der Waals surface area (Å²) in [7, 11) is 0. The van der Waals surface area contributed by atoms with E-state index in [1.54, 1.807) is 0 Å². The van der Waals surface area contributed by atoms with Gasteiger partial charge in [0.1, 0.15) is 5.41 Å². The summed E-state index contributed by atoms with van der Waals surface area (Å²) in [6.45, 7) is 2.25. The van der Waals surface area contributed by atoms with Crippen LogP contribution in [0.5, 0.6) is 0 Å². The highest BCUT2D eigenvalue weighted by molar-refractivity contribution is 5.83. The van der Waals surface area contributed by atoms with Gasteiger partial charge in [0.05, 0.1) is 37.9 Å². The average molecular weight is 265 g/mol. The summed E-state index contributed by atoms with van der Waals surface area (Å²) < 4.78 is 10.8. The molecule has 0 unspecified atom stereocenters. The second-order valence-corrected chi connectivity index (χ2v) is 5.82. The van der Waals surface area contributed by atoms with Gasteiger partial charge >= 0.3 is 0 Å². The van der Waals surface area contributed by atoms with Crippen LogP contribution in [0.15, 0.2) is 42.5 Å². The first-order valence-electron chi connectivity index (χ1n) is 6.86. The molecule has 0 amide bonds. The van der Waals surface area contributed by atoms with E-state index in [0.29, 0.717) is 26.4 Å². The fourth-order valence-corrected chi connectivity index (χ4v) is 3.27. The summed E-state index contributed by atoms with van der Waals surface area (Å²) in [5.41, 5.74) is 0.574. The van der Waals surface area contributed by atoms with Crippen molar-refractivity contribution in [2.75, 3.05) is 26.4 Å². The molecule has 3 nitrogen and oxygen atoms in total. The summed E-state index contributed by atoms with van der Waals surface area (Å²) in [4.78, 5) is 0. The Morgan fingerprint density at radius 3 is 2.15 bits per heavy atom. The summed E-state index contributed by atoms with van der Waals surface area (Å²) in [5, 5.41) is 12.1. The predicted molar refractivity (Wildman–Crippen MR) is 75.3 cm³/mol. The lowest BCUT2D eigenvalue weighted by molar-refractivity contribution is -0.201. The van der Waals surface area contributed by atoms with Crippen LogP contribution in [0.1, 0.15) is 5.56 Å². The first-order valence-corrected chi connectivity index (χ1v) is 6.86. The van der Waals surface area contributed by atoms with Gasteiger partial charge in [-0.2, -0.15) is 5.26 Å². The molecule has 2 aromatic carbocycles. The molecule has 0 spiro atoms. The van der Waals surface area contributed by atoms with Crippen LogP contribution in [0.2, 0.25) is 0 Å². The topological polar surface area (TPSA) is 42.2 Å². The van der Waals surface area contributed by atoms with E-state index in [1.807, 2.05) is 12.1 Å². The van der Waals surface area contributed by atoms with E-state index >= 15 is 0 Å². The van der Waals surface area contributed by atoms with E-state index in [9.17, 15) is 5.26 Å². The van der Waals surface area contributed by atoms with Crippen molar-refractivity contribution in [3.8, 4) is 6.07 Å². The Kier molecular flexibility index (Phi) is 2.41. The molecule has 2 aliphatic rings. The third kappa shape index (κ3) is 1.35. The lowest BCUT2D eigenvalue weighted by atomic mass is 9.58. The molecule has 0 radical (unpaired) electrons. The summed E-state index contributed by atoms with van der Waals surface area (Å²) >= 11 is 0. The van der Waals surface area contributed by atoms with Gasteiger partial charge < -0.3 is 9.47 Å². The Bertz CT molecular complexity index is 708. The van der Waals surface area contributed by atoms with E-state index in [4.69, 9.17) is 9.47 Å². The second kappa shape index (κ2) is 4.05. The van der Waals surface area contributed by atoms with Crippen molar-refractivity contribution in [2.45, 2.75) is 5.41 Å². The summed E-state index contributed by atoms with van der Waals surface area (Å²) in [6, 6.07) is 17.3. The molecule has 2 saturated heterocycles. The number of benzene rings is 2. The van der Waals surface area contributed by atoms with Crippen LogP contribution in [0.4, 0.5) is 0 Å². The molecule has 0 saturated carbocycles. The Morgan fingerprint density at radius 1 is 0.900 bits per heavy atom. The Balaban J connectivity index is 1.86. The molecule has 0 N–H and O–H groups in total. The lowest BCUT2D eigenvalue weighted by Crippen LogP contribution is -2.66. The van der Waals surface area contributed by atoms with Gasteiger partial charge in [-0.1, -0.05) is 42.5 Å². The fraction of sp³-hybridized carbons (Fsp3) is 0.353. The quantitative estimate of drug-likeness (QED) is 0.838. The molecule has 0 bridgehead atoms. The van der Waals surface area contributed by atoms with Gasteiger partial charge in [-0.25, -0.2) is 0 Å². The number of nitrogens with zero attached hydrogens (tertiary/aromatic N) is 1. The maximum absolute atomic E-state index is 9.63. The van der Waals surface area contributed by atoms with Crippen molar-refractivity contribution < 1.29 is 9.47 Å². The SMILES string of the molecule is N#CC1(C2(c3ccc4ccccc4c3)COC2)COC1. The monoisotopic (exact) mass is 265 g/mol. The highest BCUT2D eigenvalue weighted by Crippen LogP contribution is 2.51. The van der Waals surface area contributed by atoms with Gasteiger partial charge in [0.25, 0.3) is 0 Å². The van der Waals surface area contributed by atoms with Gasteiger partial charge in [0.2, 0.25) is 0 Å². The van der Waals surface area contributed by atoms with Crippen LogP contribution in [0, 0.1) is 16.7 Å². The maximum Gasteiger partial charge on any atom is 0.118 e. The number of hydrogen-bond donors (Lipinski definition) is 0. The molecule has 0 aromatic heterocycles. The molecule has 2 heterocycles. The van der Waals surface area contributed by atoms with E-state index in [1.165, 1.54) is 16.3 Å². The molecule has 100 valence electrons. The zero-order valence-electron chi connectivity index (χ0n) is 11.1. The van der Waals surface area contributed by atoms with Crippen molar-refractivity contribution in [1.29, 1.82) is 5.26 Å². The van der Waals surface area contributed by atoms with Crippen LogP contribution in [0.3, 0.4) is 0 Å². The minimum atomic E-state index is -0.423. The van der Waals surface area contributed by atoms with Crippen molar-refractivity contribution in [3.05, 3.63) is 48.0 Å². The molecule has 0 atom stereocenters. The standard InChI is InChI=1S/C17H15NO2/c18-8-16(9-19-10-16)17(11-20-12-17)15-6-5-13-3-1-2-4-14(13)7-15/h1-7H,9-12H2. The van der Waals surface area contributed by atoms with Gasteiger partial charge in [-0.15, -0.1) is 0 Å². The average Bonchev–Trinajstić information content (AvgIpc) is 2.40. The molecule has 4 rings (SSSR count). The summed E-state index contributed by atoms with van der Waals surface area (Å²) in [5.74, 6) is 0. The van der Waals surface area contributed by atoms with Gasteiger partial charge in [0.15, 0.2) is 0 Å². The minimum Gasteiger partial charge on any atom is -0.379 e. The fourth-order valence-electron chi connectivity index (χ4n) is 3.27. The zero-order valence-corrected chi connectivity index (χ0v) is 11.1. The van der Waals surface area contributed by atoms with Crippen LogP contribution in [-0.4, -0.2) is 26.4 Å². The highest BCUT2D eigenvalue weighted by Gasteiger charge is 2.62. The molecule has 3 heteroatoms. The molecule has 20 heavy (non-hydrogen) atoms. The van der Waals surface area contributed by atoms with Crippen LogP contribution in [0.25, 0.3) is 10.8 Å². The van der Waals surface area contributed by atoms with Crippen LogP contribution in [-0.2, 0) is 14.9 Å². The van der Waals surface area contributed by atoms with Crippen LogP contribution < -0.4 is 0 Å². The molecule has 2 aromatic rings. The van der Waals surface area contributed by atoms with Gasteiger partial charge in [0, 0.05) is 0 Å². The molecule has 2 fully saturated rings. The number of ether oxygens (including phenoxy) is 2. The molecule has 2 aliphatic heterocycles. The van der Waals surface area contributed by atoms with E-state index in [0.717, 1.165) is 0 Å². The third-order valence-electron chi connectivity index (χ3n) is 4.83. The third-order valence-corrected chi connectivity index (χ3v) is 4.83. The molecular formula is C17H15NO2. The Hall–Kier alpha value is -1.89. The van der Waals surface area contributed by atoms with Crippen molar-refractivity contribution in [3.63, 3.8) is 0 Å². The number of fused-ring (bicyclic) bond motifs is 1. The van der Waals surface area contributed by atoms with Crippen LogP contribution >= 0.6 is 0 Å². The molecular weight excluding hydrogens is 250 g/mol. The second-order valence-electron chi connectivity index (χ2n) is 5.82. The Morgan fingerprint density at radius 2 is 1.60 bits per heavy atom. The number of hydrogen-bond acceptors (Lipinski definition) is 3. The normalized spacial score (nSPS) is 22.6. The highest BCUT2D eigenvalue weighted by atomic mass is 16.5. The largest absolute Gasteiger partial charge is 0.379 e. The van der Waals surface area contributed by atoms with Crippen molar-refractivity contribution in [1.82, 2.24) is 0 Å². The van der Waals surface area contributed by atoms with Crippen molar-refractivity contribution in [2.24, 2.45) is 5.41 Å². The Labute approximate surface area is 117 Å². The summed E-state index contributed by atoms with van der Waals surface area (Å²) in [6.07, 6.45) is 0. The number of rotatable bonds is 2. The first-order chi connectivity index (χ1) is 9.80. The maximum atomic E-state index is 9.63. The zero-order chi connectivity index (χ0) is 13.6. The van der Waals surface area contributed by atoms with E-state index in [2.05, 4.69) is 36.4 Å². The number of nitriles is 1. The van der Waals surface area contributed by atoms with E-state index < -0.39 is 5.41 Å². The molecule has 0 aliphatic carbocycles. The minimum absolute atomic E-state index is 0.204. The smallest absolute Gasteiger partial charge is 0.118 e. The van der Waals surface area contributed by atoms with Crippen molar-refractivity contribution >= 4 is 10.8 Å². The lowest BCUT2D eigenvalue weighted by Gasteiger charge is -2.55. The van der Waals surface area contributed by atoms with E-state index in [-0.39, 0.29) is 5.41 Å². The van der Waals surface area contributed by atoms with Gasteiger partial charge in [-0.3, -0.25) is 0 Å². The predicted octanol–water partition coefficient (Wildman–Crippen LogP) is 2.65. The van der Waals surface area contributed by atoms with Gasteiger partial charge in [-0.05, 0) is 16.3 Å².